The summed E-state index contributed by atoms with van der Waals surface area (Å²) in [6.45, 7) is 6.36. The number of rotatable bonds is 4. The van der Waals surface area contributed by atoms with E-state index in [0.717, 1.165) is 5.56 Å². The van der Waals surface area contributed by atoms with Crippen LogP contribution in [0.25, 0.3) is 0 Å². The zero-order chi connectivity index (χ0) is 13.8. The van der Waals surface area contributed by atoms with Crippen molar-refractivity contribution in [1.82, 2.24) is 5.32 Å². The van der Waals surface area contributed by atoms with Crippen LogP contribution in [-0.2, 0) is 0 Å². The summed E-state index contributed by atoms with van der Waals surface area (Å²) in [6, 6.07) is 16.4. The first-order valence-corrected chi connectivity index (χ1v) is 6.68. The molecule has 100 valence electrons. The third kappa shape index (κ3) is 3.58. The lowest BCUT2D eigenvalue weighted by Gasteiger charge is -2.21. The maximum absolute atomic E-state index is 9.52. The van der Waals surface area contributed by atoms with Crippen LogP contribution in [0, 0.1) is 6.92 Å². The van der Waals surface area contributed by atoms with Crippen molar-refractivity contribution in [3.8, 4) is 5.75 Å². The number of hydrogen-bond donors (Lipinski definition) is 2. The molecule has 0 heterocycles. The van der Waals surface area contributed by atoms with Crippen LogP contribution in [0.3, 0.4) is 0 Å². The van der Waals surface area contributed by atoms with E-state index in [9.17, 15) is 5.11 Å². The summed E-state index contributed by atoms with van der Waals surface area (Å²) >= 11 is 0. The molecule has 0 aliphatic rings. The van der Waals surface area contributed by atoms with E-state index in [1.165, 1.54) is 11.1 Å². The molecular weight excluding hydrogens is 234 g/mol. The van der Waals surface area contributed by atoms with Crippen LogP contribution in [0.4, 0.5) is 0 Å². The van der Waals surface area contributed by atoms with Crippen molar-refractivity contribution >= 4 is 0 Å². The van der Waals surface area contributed by atoms with Crippen LogP contribution in [0.15, 0.2) is 48.5 Å². The molecule has 0 aliphatic carbocycles. The van der Waals surface area contributed by atoms with Crippen LogP contribution >= 0.6 is 0 Å². The highest BCUT2D eigenvalue weighted by Gasteiger charge is 2.11. The molecule has 0 bridgehead atoms. The van der Waals surface area contributed by atoms with Gasteiger partial charge in [-0.3, -0.25) is 0 Å². The van der Waals surface area contributed by atoms with Crippen LogP contribution in [0.5, 0.6) is 5.75 Å². The van der Waals surface area contributed by atoms with E-state index in [2.05, 4.69) is 50.4 Å². The van der Waals surface area contributed by atoms with E-state index in [1.807, 2.05) is 12.1 Å². The second-order valence-electron chi connectivity index (χ2n) is 5.12. The maximum Gasteiger partial charge on any atom is 0.115 e. The van der Waals surface area contributed by atoms with E-state index in [1.54, 1.807) is 12.1 Å². The van der Waals surface area contributed by atoms with Crippen LogP contribution in [-0.4, -0.2) is 5.11 Å². The minimum Gasteiger partial charge on any atom is -0.508 e. The third-order valence-electron chi connectivity index (χ3n) is 3.45. The molecule has 2 unspecified atom stereocenters. The van der Waals surface area contributed by atoms with Gasteiger partial charge in [0.05, 0.1) is 0 Å². The molecule has 0 aliphatic heterocycles. The fourth-order valence-electron chi connectivity index (χ4n) is 2.22. The Bertz CT molecular complexity index is 533. The van der Waals surface area contributed by atoms with Gasteiger partial charge in [-0.15, -0.1) is 0 Å². The Morgan fingerprint density at radius 2 is 1.53 bits per heavy atom. The molecule has 2 heteroatoms. The summed E-state index contributed by atoms with van der Waals surface area (Å²) < 4.78 is 0. The molecule has 0 spiro atoms. The van der Waals surface area contributed by atoms with Gasteiger partial charge in [-0.05, 0) is 44.0 Å². The average molecular weight is 255 g/mol. The third-order valence-corrected chi connectivity index (χ3v) is 3.45. The zero-order valence-corrected chi connectivity index (χ0v) is 11.7. The van der Waals surface area contributed by atoms with Crippen LogP contribution < -0.4 is 5.32 Å². The number of phenols is 1. The molecule has 2 aromatic carbocycles. The number of hydrogen-bond acceptors (Lipinski definition) is 2. The standard InChI is InChI=1S/C17H21NO/c1-12-7-9-15(10-8-12)13(2)18-14(3)16-5-4-6-17(19)11-16/h4-11,13-14,18-19H,1-3H3. The maximum atomic E-state index is 9.52. The first-order valence-electron chi connectivity index (χ1n) is 6.68. The fraction of sp³-hybridized carbons (Fsp3) is 0.294. The molecule has 0 saturated heterocycles. The summed E-state index contributed by atoms with van der Waals surface area (Å²) in [5, 5.41) is 13.1. The number of nitrogens with one attached hydrogen (secondary N) is 1. The molecule has 0 saturated carbocycles. The number of aromatic hydroxyl groups is 1. The molecule has 2 N–H and O–H groups in total. The minimum absolute atomic E-state index is 0.198. The van der Waals surface area contributed by atoms with Gasteiger partial charge in [0.2, 0.25) is 0 Å². The van der Waals surface area contributed by atoms with Crippen LogP contribution in [0.1, 0.15) is 42.6 Å². The van der Waals surface area contributed by atoms with Gasteiger partial charge in [-0.1, -0.05) is 42.0 Å². The Labute approximate surface area is 115 Å². The Morgan fingerprint density at radius 1 is 0.895 bits per heavy atom. The quantitative estimate of drug-likeness (QED) is 0.861. The van der Waals surface area contributed by atoms with Crippen molar-refractivity contribution in [2.45, 2.75) is 32.9 Å². The molecular formula is C17H21NO. The Kier molecular flexibility index (Phi) is 4.23. The summed E-state index contributed by atoms with van der Waals surface area (Å²) in [7, 11) is 0. The van der Waals surface area contributed by atoms with Gasteiger partial charge in [0.1, 0.15) is 5.75 Å². The van der Waals surface area contributed by atoms with Crippen molar-refractivity contribution in [3.63, 3.8) is 0 Å². The van der Waals surface area contributed by atoms with E-state index in [-0.39, 0.29) is 12.1 Å². The average Bonchev–Trinajstić information content (AvgIpc) is 2.39. The normalized spacial score (nSPS) is 14.1. The Morgan fingerprint density at radius 3 is 2.16 bits per heavy atom. The van der Waals surface area contributed by atoms with Gasteiger partial charge >= 0.3 is 0 Å². The monoisotopic (exact) mass is 255 g/mol. The number of phenolic OH excluding ortho intramolecular Hbond substituents is 1. The molecule has 19 heavy (non-hydrogen) atoms. The predicted molar refractivity (Wildman–Crippen MR) is 79.3 cm³/mol. The summed E-state index contributed by atoms with van der Waals surface area (Å²) in [5.74, 6) is 0.314. The number of benzene rings is 2. The molecule has 2 rings (SSSR count). The van der Waals surface area contributed by atoms with Gasteiger partial charge in [0, 0.05) is 12.1 Å². The van der Waals surface area contributed by atoms with Gasteiger partial charge in [0.15, 0.2) is 0 Å². The van der Waals surface area contributed by atoms with Gasteiger partial charge in [0.25, 0.3) is 0 Å². The van der Waals surface area contributed by atoms with Crippen molar-refractivity contribution in [3.05, 3.63) is 65.2 Å². The molecule has 2 nitrogen and oxygen atoms in total. The molecule has 0 amide bonds. The lowest BCUT2D eigenvalue weighted by molar-refractivity contribution is 0.466. The minimum atomic E-state index is 0.198. The second-order valence-corrected chi connectivity index (χ2v) is 5.12. The van der Waals surface area contributed by atoms with Crippen LogP contribution in [0.2, 0.25) is 0 Å². The smallest absolute Gasteiger partial charge is 0.115 e. The first kappa shape index (κ1) is 13.6. The van der Waals surface area contributed by atoms with E-state index in [4.69, 9.17) is 0 Å². The van der Waals surface area contributed by atoms with Gasteiger partial charge < -0.3 is 10.4 Å². The fourth-order valence-corrected chi connectivity index (χ4v) is 2.22. The van der Waals surface area contributed by atoms with E-state index in [0.29, 0.717) is 5.75 Å². The SMILES string of the molecule is Cc1ccc(C(C)NC(C)c2cccc(O)c2)cc1. The highest BCUT2D eigenvalue weighted by atomic mass is 16.3. The molecule has 0 aromatic heterocycles. The van der Waals surface area contributed by atoms with Crippen molar-refractivity contribution in [2.24, 2.45) is 0 Å². The van der Waals surface area contributed by atoms with Crippen molar-refractivity contribution < 1.29 is 5.11 Å². The zero-order valence-electron chi connectivity index (χ0n) is 11.7. The lowest BCUT2D eigenvalue weighted by Crippen LogP contribution is -2.22. The molecule has 2 aromatic rings. The largest absolute Gasteiger partial charge is 0.508 e. The highest BCUT2D eigenvalue weighted by Crippen LogP contribution is 2.22. The van der Waals surface area contributed by atoms with E-state index >= 15 is 0 Å². The topological polar surface area (TPSA) is 32.3 Å². The summed E-state index contributed by atoms with van der Waals surface area (Å²) in [4.78, 5) is 0. The van der Waals surface area contributed by atoms with Gasteiger partial charge in [-0.25, -0.2) is 0 Å². The first-order chi connectivity index (χ1) is 9.06. The Hall–Kier alpha value is -1.80. The van der Waals surface area contributed by atoms with Crippen molar-refractivity contribution in [1.29, 1.82) is 0 Å². The van der Waals surface area contributed by atoms with Gasteiger partial charge in [-0.2, -0.15) is 0 Å². The highest BCUT2D eigenvalue weighted by molar-refractivity contribution is 5.30. The molecule has 2 atom stereocenters. The summed E-state index contributed by atoms with van der Waals surface area (Å²) in [6.07, 6.45) is 0. The number of aryl methyl sites for hydroxylation is 1. The molecule has 0 radical (unpaired) electrons. The molecule has 0 fully saturated rings. The lowest BCUT2D eigenvalue weighted by atomic mass is 10.0. The summed E-state index contributed by atoms with van der Waals surface area (Å²) in [5.41, 5.74) is 3.65. The van der Waals surface area contributed by atoms with E-state index < -0.39 is 0 Å². The Balaban J connectivity index is 2.06. The second kappa shape index (κ2) is 5.89. The van der Waals surface area contributed by atoms with Crippen molar-refractivity contribution in [2.75, 3.05) is 0 Å². The predicted octanol–water partition coefficient (Wildman–Crippen LogP) is 4.11.